The summed E-state index contributed by atoms with van der Waals surface area (Å²) in [7, 11) is 1.39. The van der Waals surface area contributed by atoms with Gasteiger partial charge < -0.3 is 15.2 Å². The van der Waals surface area contributed by atoms with Crippen molar-refractivity contribution in [1.82, 2.24) is 10.3 Å². The number of halogens is 1. The van der Waals surface area contributed by atoms with Gasteiger partial charge in [0.25, 0.3) is 5.91 Å². The van der Waals surface area contributed by atoms with E-state index >= 15 is 0 Å². The van der Waals surface area contributed by atoms with Crippen molar-refractivity contribution in [3.63, 3.8) is 0 Å². The molecule has 1 saturated carbocycles. The topological polar surface area (TPSA) is 88.5 Å². The summed E-state index contributed by atoms with van der Waals surface area (Å²) in [6, 6.07) is 9.04. The molecule has 7 heteroatoms. The van der Waals surface area contributed by atoms with Crippen LogP contribution < -0.4 is 10.1 Å². The van der Waals surface area contributed by atoms with Gasteiger partial charge in [-0.15, -0.1) is 0 Å². The summed E-state index contributed by atoms with van der Waals surface area (Å²) < 4.78 is 18.3. The SMILES string of the molecule is COc1cc(C(=O)O)nc(C(=O)NC2CC(c3cccc(F)c3)C2)c1. The second kappa shape index (κ2) is 6.88. The van der Waals surface area contributed by atoms with Gasteiger partial charge in [0.1, 0.15) is 17.3 Å². The Labute approximate surface area is 143 Å². The monoisotopic (exact) mass is 344 g/mol. The summed E-state index contributed by atoms with van der Waals surface area (Å²) in [6.45, 7) is 0. The molecule has 0 saturated heterocycles. The number of carboxylic acid groups (broad SMARTS) is 1. The molecule has 0 spiro atoms. The van der Waals surface area contributed by atoms with E-state index in [9.17, 15) is 14.0 Å². The first-order valence-electron chi connectivity index (χ1n) is 7.82. The molecular weight excluding hydrogens is 327 g/mol. The lowest BCUT2D eigenvalue weighted by Crippen LogP contribution is -2.43. The van der Waals surface area contributed by atoms with Crippen molar-refractivity contribution in [1.29, 1.82) is 0 Å². The van der Waals surface area contributed by atoms with Crippen molar-refractivity contribution >= 4 is 11.9 Å². The number of ether oxygens (including phenoxy) is 1. The lowest BCUT2D eigenvalue weighted by molar-refractivity contribution is 0.0690. The average Bonchev–Trinajstić information content (AvgIpc) is 2.56. The van der Waals surface area contributed by atoms with E-state index in [0.29, 0.717) is 12.8 Å². The predicted octanol–water partition coefficient (Wildman–Crippen LogP) is 2.60. The third-order valence-corrected chi connectivity index (χ3v) is 4.28. The highest BCUT2D eigenvalue weighted by Gasteiger charge is 2.32. The molecule has 1 fully saturated rings. The van der Waals surface area contributed by atoms with Gasteiger partial charge >= 0.3 is 5.97 Å². The Kier molecular flexibility index (Phi) is 4.65. The molecular formula is C18H17FN2O4. The predicted molar refractivity (Wildman–Crippen MR) is 87.4 cm³/mol. The van der Waals surface area contributed by atoms with Crippen LogP contribution in [0, 0.1) is 5.82 Å². The maximum atomic E-state index is 13.3. The van der Waals surface area contributed by atoms with Gasteiger partial charge in [0.05, 0.1) is 7.11 Å². The third kappa shape index (κ3) is 3.76. The zero-order valence-electron chi connectivity index (χ0n) is 13.5. The number of amides is 1. The number of carbonyl (C=O) groups excluding carboxylic acids is 1. The van der Waals surface area contributed by atoms with E-state index in [0.717, 1.165) is 5.56 Å². The number of methoxy groups -OCH3 is 1. The summed E-state index contributed by atoms with van der Waals surface area (Å²) in [5, 5.41) is 11.9. The van der Waals surface area contributed by atoms with Crippen LogP contribution in [-0.2, 0) is 0 Å². The fraction of sp³-hybridized carbons (Fsp3) is 0.278. The van der Waals surface area contributed by atoms with E-state index in [2.05, 4.69) is 10.3 Å². The van der Waals surface area contributed by atoms with Crippen LogP contribution in [0.25, 0.3) is 0 Å². The maximum absolute atomic E-state index is 13.3. The minimum absolute atomic E-state index is 0.00837. The van der Waals surface area contributed by atoms with Crippen molar-refractivity contribution < 1.29 is 23.8 Å². The normalized spacial score (nSPS) is 19.0. The van der Waals surface area contributed by atoms with Crippen molar-refractivity contribution in [2.45, 2.75) is 24.8 Å². The molecule has 1 aromatic carbocycles. The highest BCUT2D eigenvalue weighted by atomic mass is 19.1. The van der Waals surface area contributed by atoms with Crippen molar-refractivity contribution in [3.8, 4) is 5.75 Å². The van der Waals surface area contributed by atoms with Crippen molar-refractivity contribution in [3.05, 3.63) is 59.2 Å². The number of rotatable bonds is 5. The van der Waals surface area contributed by atoms with Gasteiger partial charge in [0.2, 0.25) is 0 Å². The molecule has 1 aliphatic carbocycles. The van der Waals surface area contributed by atoms with Gasteiger partial charge in [-0.05, 0) is 36.5 Å². The number of aromatic nitrogens is 1. The number of nitrogens with one attached hydrogen (secondary N) is 1. The molecule has 1 heterocycles. The van der Waals surface area contributed by atoms with Gasteiger partial charge in [0.15, 0.2) is 5.69 Å². The summed E-state index contributed by atoms with van der Waals surface area (Å²) in [6.07, 6.45) is 1.40. The van der Waals surface area contributed by atoms with Gasteiger partial charge in [-0.3, -0.25) is 4.79 Å². The molecule has 2 N–H and O–H groups in total. The molecule has 0 aliphatic heterocycles. The van der Waals surface area contributed by atoms with E-state index in [-0.39, 0.29) is 34.9 Å². The third-order valence-electron chi connectivity index (χ3n) is 4.28. The molecule has 0 atom stereocenters. The van der Waals surface area contributed by atoms with Crippen LogP contribution in [0.5, 0.6) is 5.75 Å². The first-order chi connectivity index (χ1) is 12.0. The number of hydrogen-bond donors (Lipinski definition) is 2. The first-order valence-corrected chi connectivity index (χ1v) is 7.82. The standard InChI is InChI=1S/C18H17FN2O4/c1-25-14-8-15(21-16(9-14)18(23)24)17(22)20-13-6-11(7-13)10-3-2-4-12(19)5-10/h2-5,8-9,11,13H,6-7H2,1H3,(H,20,22)(H,23,24). The van der Waals surface area contributed by atoms with Crippen LogP contribution in [0.3, 0.4) is 0 Å². The first kappa shape index (κ1) is 16.9. The zero-order valence-corrected chi connectivity index (χ0v) is 13.5. The minimum atomic E-state index is -1.23. The molecule has 1 aliphatic rings. The largest absolute Gasteiger partial charge is 0.497 e. The molecule has 1 aromatic heterocycles. The number of nitrogens with zero attached hydrogens (tertiary/aromatic N) is 1. The number of benzene rings is 1. The Morgan fingerprint density at radius 2 is 1.96 bits per heavy atom. The summed E-state index contributed by atoms with van der Waals surface area (Å²) in [4.78, 5) is 27.2. The number of carbonyl (C=O) groups is 2. The fourth-order valence-corrected chi connectivity index (χ4v) is 2.88. The van der Waals surface area contributed by atoms with Crippen LogP contribution >= 0.6 is 0 Å². The number of pyridine rings is 1. The Balaban J connectivity index is 1.64. The van der Waals surface area contributed by atoms with Gasteiger partial charge in [0, 0.05) is 18.2 Å². The molecule has 1 amide bonds. The zero-order chi connectivity index (χ0) is 18.0. The smallest absolute Gasteiger partial charge is 0.354 e. The van der Waals surface area contributed by atoms with E-state index in [4.69, 9.17) is 9.84 Å². The van der Waals surface area contributed by atoms with Gasteiger partial charge in [-0.1, -0.05) is 12.1 Å². The lowest BCUT2D eigenvalue weighted by Gasteiger charge is -2.36. The molecule has 0 unspecified atom stereocenters. The second-order valence-electron chi connectivity index (χ2n) is 5.98. The highest BCUT2D eigenvalue weighted by molar-refractivity contribution is 5.95. The Bertz CT molecular complexity index is 818. The number of carboxylic acids is 1. The molecule has 2 aromatic rings. The Hall–Kier alpha value is -2.96. The van der Waals surface area contributed by atoms with E-state index in [1.807, 2.05) is 6.07 Å². The molecule has 0 bridgehead atoms. The second-order valence-corrected chi connectivity index (χ2v) is 5.98. The van der Waals surface area contributed by atoms with E-state index in [1.165, 1.54) is 31.4 Å². The molecule has 3 rings (SSSR count). The lowest BCUT2D eigenvalue weighted by atomic mass is 9.76. The minimum Gasteiger partial charge on any atom is -0.497 e. The molecule has 130 valence electrons. The van der Waals surface area contributed by atoms with Crippen LogP contribution in [-0.4, -0.2) is 35.1 Å². The summed E-state index contributed by atoms with van der Waals surface area (Å²) in [5.41, 5.74) is 0.653. The molecule has 0 radical (unpaired) electrons. The van der Waals surface area contributed by atoms with Crippen LogP contribution in [0.15, 0.2) is 36.4 Å². The van der Waals surface area contributed by atoms with Gasteiger partial charge in [-0.2, -0.15) is 0 Å². The Morgan fingerprint density at radius 3 is 2.60 bits per heavy atom. The maximum Gasteiger partial charge on any atom is 0.354 e. The van der Waals surface area contributed by atoms with Crippen LogP contribution in [0.1, 0.15) is 45.3 Å². The van der Waals surface area contributed by atoms with Gasteiger partial charge in [-0.25, -0.2) is 14.2 Å². The summed E-state index contributed by atoms with van der Waals surface area (Å²) >= 11 is 0. The average molecular weight is 344 g/mol. The van der Waals surface area contributed by atoms with Crippen LogP contribution in [0.2, 0.25) is 0 Å². The number of aromatic carboxylic acids is 1. The number of hydrogen-bond acceptors (Lipinski definition) is 4. The summed E-state index contributed by atoms with van der Waals surface area (Å²) in [5.74, 6) is -1.50. The molecule has 6 nitrogen and oxygen atoms in total. The highest BCUT2D eigenvalue weighted by Crippen LogP contribution is 2.37. The van der Waals surface area contributed by atoms with E-state index < -0.39 is 11.9 Å². The van der Waals surface area contributed by atoms with Crippen molar-refractivity contribution in [2.75, 3.05) is 7.11 Å². The Morgan fingerprint density at radius 1 is 1.24 bits per heavy atom. The fourth-order valence-electron chi connectivity index (χ4n) is 2.88. The molecule has 25 heavy (non-hydrogen) atoms. The van der Waals surface area contributed by atoms with E-state index in [1.54, 1.807) is 6.07 Å². The quantitative estimate of drug-likeness (QED) is 0.870. The van der Waals surface area contributed by atoms with Crippen molar-refractivity contribution in [2.24, 2.45) is 0 Å². The van der Waals surface area contributed by atoms with Crippen LogP contribution in [0.4, 0.5) is 4.39 Å².